The van der Waals surface area contributed by atoms with Crippen LogP contribution in [0.2, 0.25) is 0 Å². The second-order valence-electron chi connectivity index (χ2n) is 3.83. The zero-order valence-electron chi connectivity index (χ0n) is 10.5. The number of hydrogen-bond acceptors (Lipinski definition) is 4. The summed E-state index contributed by atoms with van der Waals surface area (Å²) >= 11 is 0. The van der Waals surface area contributed by atoms with Crippen LogP contribution in [0.25, 0.3) is 0 Å². The van der Waals surface area contributed by atoms with E-state index in [0.29, 0.717) is 5.56 Å². The molecule has 1 N–H and O–H groups in total. The third-order valence-corrected chi connectivity index (χ3v) is 2.30. The molecule has 1 amide bonds. The van der Waals surface area contributed by atoms with Crippen molar-refractivity contribution < 1.29 is 24.2 Å². The highest BCUT2D eigenvalue weighted by Gasteiger charge is 2.18. The number of rotatable bonds is 6. The first kappa shape index (κ1) is 14.7. The average Bonchev–Trinajstić information content (AvgIpc) is 2.37. The molecule has 0 atom stereocenters. The van der Waals surface area contributed by atoms with Crippen LogP contribution in [0.5, 0.6) is 0 Å². The summed E-state index contributed by atoms with van der Waals surface area (Å²) in [4.78, 5) is 34.6. The van der Waals surface area contributed by atoms with Gasteiger partial charge in [0.25, 0.3) is 5.91 Å². The molecular formula is C13H15NO5. The van der Waals surface area contributed by atoms with Gasteiger partial charge in [0.05, 0.1) is 6.54 Å². The molecule has 0 heterocycles. The van der Waals surface area contributed by atoms with Gasteiger partial charge in [0.1, 0.15) is 13.2 Å². The van der Waals surface area contributed by atoms with E-state index in [4.69, 9.17) is 9.84 Å². The number of carbonyl (C=O) groups excluding carboxylic acids is 2. The van der Waals surface area contributed by atoms with Crippen LogP contribution in [0.1, 0.15) is 17.3 Å². The second-order valence-corrected chi connectivity index (χ2v) is 3.83. The molecule has 0 radical (unpaired) electrons. The first-order valence-electron chi connectivity index (χ1n) is 5.70. The van der Waals surface area contributed by atoms with Crippen molar-refractivity contribution in [2.75, 3.05) is 19.7 Å². The highest BCUT2D eigenvalue weighted by molar-refractivity contribution is 5.95. The molecule has 0 saturated carbocycles. The summed E-state index contributed by atoms with van der Waals surface area (Å²) in [7, 11) is 0. The molecule has 1 rings (SSSR count). The number of nitrogens with zero attached hydrogens (tertiary/aromatic N) is 1. The smallest absolute Gasteiger partial charge is 0.323 e. The van der Waals surface area contributed by atoms with Crippen LogP contribution in [0.4, 0.5) is 0 Å². The highest BCUT2D eigenvalue weighted by atomic mass is 16.5. The maximum absolute atomic E-state index is 12.1. The van der Waals surface area contributed by atoms with Gasteiger partial charge in [0, 0.05) is 12.5 Å². The van der Waals surface area contributed by atoms with Crippen molar-refractivity contribution in [1.29, 1.82) is 0 Å². The predicted octanol–water partition coefficient (Wildman–Crippen LogP) is 0.776. The van der Waals surface area contributed by atoms with Gasteiger partial charge in [-0.25, -0.2) is 0 Å². The monoisotopic (exact) mass is 265 g/mol. The van der Waals surface area contributed by atoms with E-state index in [1.165, 1.54) is 6.92 Å². The van der Waals surface area contributed by atoms with Gasteiger partial charge in [-0.2, -0.15) is 0 Å². The minimum absolute atomic E-state index is 0.0266. The molecule has 6 heteroatoms. The first-order valence-corrected chi connectivity index (χ1v) is 5.70. The molecule has 0 aromatic heterocycles. The number of benzene rings is 1. The maximum Gasteiger partial charge on any atom is 0.323 e. The Labute approximate surface area is 110 Å². The summed E-state index contributed by atoms with van der Waals surface area (Å²) in [6, 6.07) is 8.35. The third-order valence-electron chi connectivity index (χ3n) is 2.30. The highest BCUT2D eigenvalue weighted by Crippen LogP contribution is 2.04. The van der Waals surface area contributed by atoms with Crippen molar-refractivity contribution in [1.82, 2.24) is 4.90 Å². The van der Waals surface area contributed by atoms with E-state index >= 15 is 0 Å². The zero-order chi connectivity index (χ0) is 14.3. The molecule has 0 saturated heterocycles. The maximum atomic E-state index is 12.1. The van der Waals surface area contributed by atoms with Gasteiger partial charge in [-0.05, 0) is 12.1 Å². The lowest BCUT2D eigenvalue weighted by Gasteiger charge is -2.20. The summed E-state index contributed by atoms with van der Waals surface area (Å²) in [6.45, 7) is 0.830. The fraction of sp³-hybridized carbons (Fsp3) is 0.308. The Hall–Kier alpha value is -2.37. The Morgan fingerprint density at radius 3 is 2.37 bits per heavy atom. The fourth-order valence-electron chi connectivity index (χ4n) is 1.48. The molecule has 0 aliphatic carbocycles. The van der Waals surface area contributed by atoms with E-state index < -0.39 is 24.4 Å². The lowest BCUT2D eigenvalue weighted by Crippen LogP contribution is -2.38. The Morgan fingerprint density at radius 2 is 1.84 bits per heavy atom. The third kappa shape index (κ3) is 5.20. The van der Waals surface area contributed by atoms with Crippen LogP contribution in [0.3, 0.4) is 0 Å². The molecule has 0 spiro atoms. The van der Waals surface area contributed by atoms with Crippen molar-refractivity contribution >= 4 is 17.8 Å². The van der Waals surface area contributed by atoms with E-state index in [0.717, 1.165) is 4.90 Å². The van der Waals surface area contributed by atoms with E-state index in [1.807, 2.05) is 0 Å². The Kier molecular flexibility index (Phi) is 5.53. The molecule has 0 fully saturated rings. The lowest BCUT2D eigenvalue weighted by molar-refractivity contribution is -0.141. The van der Waals surface area contributed by atoms with Gasteiger partial charge < -0.3 is 14.7 Å². The Morgan fingerprint density at radius 1 is 1.21 bits per heavy atom. The van der Waals surface area contributed by atoms with Gasteiger partial charge in [0.2, 0.25) is 0 Å². The minimum atomic E-state index is -1.12. The lowest BCUT2D eigenvalue weighted by atomic mass is 10.2. The number of carbonyl (C=O) groups is 3. The molecule has 0 aliphatic rings. The summed E-state index contributed by atoms with van der Waals surface area (Å²) < 4.78 is 4.71. The molecule has 0 bridgehead atoms. The normalized spacial score (nSPS) is 9.74. The molecule has 102 valence electrons. The van der Waals surface area contributed by atoms with E-state index in [-0.39, 0.29) is 13.2 Å². The number of aliphatic carboxylic acids is 1. The Bertz CT molecular complexity index is 457. The van der Waals surface area contributed by atoms with Crippen molar-refractivity contribution in [3.63, 3.8) is 0 Å². The second kappa shape index (κ2) is 7.15. The molecule has 0 aliphatic heterocycles. The number of carboxylic acids is 1. The van der Waals surface area contributed by atoms with Gasteiger partial charge >= 0.3 is 11.9 Å². The van der Waals surface area contributed by atoms with E-state index in [1.54, 1.807) is 30.3 Å². The number of ether oxygens (including phenoxy) is 1. The quantitative estimate of drug-likeness (QED) is 0.768. The zero-order valence-corrected chi connectivity index (χ0v) is 10.5. The van der Waals surface area contributed by atoms with E-state index in [9.17, 15) is 14.4 Å². The van der Waals surface area contributed by atoms with Crippen LogP contribution in [0, 0.1) is 0 Å². The van der Waals surface area contributed by atoms with Crippen LogP contribution >= 0.6 is 0 Å². The molecule has 1 aromatic carbocycles. The summed E-state index contributed by atoms with van der Waals surface area (Å²) in [6.07, 6.45) is 0. The van der Waals surface area contributed by atoms with Gasteiger partial charge in [-0.1, -0.05) is 18.2 Å². The first-order chi connectivity index (χ1) is 9.00. The van der Waals surface area contributed by atoms with Crippen molar-refractivity contribution in [2.24, 2.45) is 0 Å². The van der Waals surface area contributed by atoms with Crippen molar-refractivity contribution in [2.45, 2.75) is 6.92 Å². The summed E-state index contributed by atoms with van der Waals surface area (Å²) in [5.74, 6) is -2.00. The van der Waals surface area contributed by atoms with Gasteiger partial charge in [0.15, 0.2) is 0 Å². The Balaban J connectivity index is 2.70. The number of esters is 1. The summed E-state index contributed by atoms with van der Waals surface area (Å²) in [5, 5.41) is 8.79. The van der Waals surface area contributed by atoms with Crippen LogP contribution in [-0.4, -0.2) is 47.5 Å². The standard InChI is InChI=1S/C13H15NO5/c1-10(15)19-8-7-14(9-12(16)17)13(18)11-5-3-2-4-6-11/h2-6H,7-9H2,1H3,(H,16,17). The van der Waals surface area contributed by atoms with Gasteiger partial charge in [-0.3, -0.25) is 14.4 Å². The van der Waals surface area contributed by atoms with Crippen LogP contribution in [0.15, 0.2) is 30.3 Å². The van der Waals surface area contributed by atoms with Gasteiger partial charge in [-0.15, -0.1) is 0 Å². The molecule has 6 nitrogen and oxygen atoms in total. The fourth-order valence-corrected chi connectivity index (χ4v) is 1.48. The average molecular weight is 265 g/mol. The summed E-state index contributed by atoms with van der Waals surface area (Å²) in [5.41, 5.74) is 0.395. The predicted molar refractivity (Wildman–Crippen MR) is 66.6 cm³/mol. The SMILES string of the molecule is CC(=O)OCCN(CC(=O)O)C(=O)c1ccccc1. The molecular weight excluding hydrogens is 250 g/mol. The molecule has 0 unspecified atom stereocenters. The minimum Gasteiger partial charge on any atom is -0.480 e. The molecule has 19 heavy (non-hydrogen) atoms. The van der Waals surface area contributed by atoms with Crippen LogP contribution in [-0.2, 0) is 14.3 Å². The van der Waals surface area contributed by atoms with Crippen molar-refractivity contribution in [3.8, 4) is 0 Å². The van der Waals surface area contributed by atoms with Crippen molar-refractivity contribution in [3.05, 3.63) is 35.9 Å². The number of hydrogen-bond donors (Lipinski definition) is 1. The number of amides is 1. The van der Waals surface area contributed by atoms with E-state index in [2.05, 4.69) is 0 Å². The van der Waals surface area contributed by atoms with Crippen LogP contribution < -0.4 is 0 Å². The largest absolute Gasteiger partial charge is 0.480 e. The molecule has 1 aromatic rings. The number of carboxylic acid groups (broad SMARTS) is 1. The topological polar surface area (TPSA) is 83.9 Å².